The van der Waals surface area contributed by atoms with Gasteiger partial charge in [-0.3, -0.25) is 0 Å². The average molecular weight is 284 g/mol. The third-order valence-corrected chi connectivity index (χ3v) is 3.46. The molecule has 96 valence electrons. The highest BCUT2D eigenvalue weighted by Crippen LogP contribution is 2.31. The molecule has 0 aliphatic rings. The smallest absolute Gasteiger partial charge is 0.231 e. The van der Waals surface area contributed by atoms with Gasteiger partial charge in [-0.25, -0.2) is 0 Å². The topological polar surface area (TPSA) is 26.0 Å². The van der Waals surface area contributed by atoms with E-state index in [2.05, 4.69) is 38.1 Å². The van der Waals surface area contributed by atoms with Crippen LogP contribution in [0.25, 0.3) is 11.3 Å². The van der Waals surface area contributed by atoms with Gasteiger partial charge in [0.05, 0.1) is 11.4 Å². The van der Waals surface area contributed by atoms with E-state index in [1.54, 1.807) is 0 Å². The Morgan fingerprint density at radius 1 is 1.17 bits per heavy atom. The standard InChI is InChI=1S/C14H15Cl2NO/c1-14(2,3)10-6-4-9(5-7-10)12-11(8-15)13(16)18-17-12/h4-7H,8H2,1-3H3. The first-order chi connectivity index (χ1) is 8.43. The van der Waals surface area contributed by atoms with Gasteiger partial charge >= 0.3 is 0 Å². The second-order valence-corrected chi connectivity index (χ2v) is 5.85. The Bertz CT molecular complexity index is 538. The van der Waals surface area contributed by atoms with Crippen LogP contribution in [-0.4, -0.2) is 5.16 Å². The Morgan fingerprint density at radius 3 is 2.28 bits per heavy atom. The summed E-state index contributed by atoms with van der Waals surface area (Å²) in [4.78, 5) is 0. The SMILES string of the molecule is CC(C)(C)c1ccc(-c2noc(Cl)c2CCl)cc1. The van der Waals surface area contributed by atoms with Gasteiger partial charge in [-0.1, -0.05) is 50.2 Å². The maximum absolute atomic E-state index is 5.89. The zero-order valence-corrected chi connectivity index (χ0v) is 12.1. The van der Waals surface area contributed by atoms with E-state index in [1.165, 1.54) is 5.56 Å². The minimum atomic E-state index is 0.134. The number of aromatic nitrogens is 1. The second-order valence-electron chi connectivity index (χ2n) is 5.24. The van der Waals surface area contributed by atoms with Crippen LogP contribution in [0.2, 0.25) is 5.22 Å². The van der Waals surface area contributed by atoms with Crippen molar-refractivity contribution in [1.82, 2.24) is 5.16 Å². The molecule has 0 unspecified atom stereocenters. The lowest BCUT2D eigenvalue weighted by Gasteiger charge is -2.18. The molecule has 0 saturated carbocycles. The van der Waals surface area contributed by atoms with E-state index >= 15 is 0 Å². The lowest BCUT2D eigenvalue weighted by atomic mass is 9.86. The van der Waals surface area contributed by atoms with Crippen molar-refractivity contribution in [3.8, 4) is 11.3 Å². The quantitative estimate of drug-likeness (QED) is 0.723. The molecule has 0 aliphatic heterocycles. The summed E-state index contributed by atoms with van der Waals surface area (Å²) < 4.78 is 4.97. The summed E-state index contributed by atoms with van der Waals surface area (Å²) >= 11 is 11.7. The summed E-state index contributed by atoms with van der Waals surface area (Å²) in [6.45, 7) is 6.54. The third kappa shape index (κ3) is 2.55. The van der Waals surface area contributed by atoms with Crippen molar-refractivity contribution in [1.29, 1.82) is 0 Å². The summed E-state index contributed by atoms with van der Waals surface area (Å²) in [5, 5.41) is 4.22. The minimum absolute atomic E-state index is 0.134. The predicted molar refractivity (Wildman–Crippen MR) is 75.2 cm³/mol. The minimum Gasteiger partial charge on any atom is -0.343 e. The van der Waals surface area contributed by atoms with Crippen LogP contribution < -0.4 is 0 Å². The summed E-state index contributed by atoms with van der Waals surface area (Å²) in [6, 6.07) is 8.22. The summed E-state index contributed by atoms with van der Waals surface area (Å²) in [5.41, 5.74) is 3.83. The zero-order chi connectivity index (χ0) is 13.3. The summed E-state index contributed by atoms with van der Waals surface area (Å²) in [5.74, 6) is 0.290. The number of hydrogen-bond acceptors (Lipinski definition) is 2. The van der Waals surface area contributed by atoms with Crippen LogP contribution in [0.15, 0.2) is 28.8 Å². The van der Waals surface area contributed by atoms with Gasteiger partial charge in [0.15, 0.2) is 0 Å². The van der Waals surface area contributed by atoms with Crippen molar-refractivity contribution >= 4 is 23.2 Å². The van der Waals surface area contributed by atoms with E-state index in [1.807, 2.05) is 12.1 Å². The summed E-state index contributed by atoms with van der Waals surface area (Å²) in [7, 11) is 0. The molecule has 0 fully saturated rings. The lowest BCUT2D eigenvalue weighted by molar-refractivity contribution is 0.423. The fourth-order valence-corrected chi connectivity index (χ4v) is 2.27. The second kappa shape index (κ2) is 4.94. The molecule has 0 aliphatic carbocycles. The summed E-state index contributed by atoms with van der Waals surface area (Å²) in [6.07, 6.45) is 0. The molecule has 2 aromatic rings. The van der Waals surface area contributed by atoms with Crippen LogP contribution in [0.1, 0.15) is 31.9 Å². The van der Waals surface area contributed by atoms with Gasteiger partial charge in [-0.2, -0.15) is 0 Å². The Labute approximate surface area is 117 Å². The average Bonchev–Trinajstić information content (AvgIpc) is 2.69. The first-order valence-corrected chi connectivity index (χ1v) is 6.65. The highest BCUT2D eigenvalue weighted by atomic mass is 35.5. The molecule has 0 radical (unpaired) electrons. The molecule has 0 spiro atoms. The normalized spacial score (nSPS) is 11.8. The first kappa shape index (κ1) is 13.4. The molecule has 1 heterocycles. The number of halogens is 2. The van der Waals surface area contributed by atoms with Crippen LogP contribution in [0.5, 0.6) is 0 Å². The molecule has 0 bridgehead atoms. The molecule has 2 nitrogen and oxygen atoms in total. The van der Waals surface area contributed by atoms with Crippen molar-refractivity contribution < 1.29 is 4.52 Å². The van der Waals surface area contributed by atoms with Crippen molar-refractivity contribution in [2.45, 2.75) is 32.1 Å². The fourth-order valence-electron chi connectivity index (χ4n) is 1.76. The number of alkyl halides is 1. The number of benzene rings is 1. The van der Waals surface area contributed by atoms with Crippen LogP contribution >= 0.6 is 23.2 Å². The Hall–Kier alpha value is -0.990. The van der Waals surface area contributed by atoms with Crippen molar-refractivity contribution in [3.63, 3.8) is 0 Å². The molecule has 0 atom stereocenters. The highest BCUT2D eigenvalue weighted by molar-refractivity contribution is 6.31. The molecular weight excluding hydrogens is 269 g/mol. The van der Waals surface area contributed by atoms with Crippen LogP contribution in [-0.2, 0) is 11.3 Å². The van der Waals surface area contributed by atoms with Gasteiger partial charge in [-0.05, 0) is 22.6 Å². The van der Waals surface area contributed by atoms with Crippen molar-refractivity contribution in [2.24, 2.45) is 0 Å². The molecule has 1 aromatic carbocycles. The fraction of sp³-hybridized carbons (Fsp3) is 0.357. The maximum Gasteiger partial charge on any atom is 0.231 e. The maximum atomic E-state index is 5.89. The van der Waals surface area contributed by atoms with Crippen LogP contribution in [0.4, 0.5) is 0 Å². The zero-order valence-electron chi connectivity index (χ0n) is 10.6. The highest BCUT2D eigenvalue weighted by Gasteiger charge is 2.17. The Balaban J connectivity index is 2.40. The van der Waals surface area contributed by atoms with Gasteiger partial charge in [-0.15, -0.1) is 11.6 Å². The van der Waals surface area contributed by atoms with Crippen LogP contribution in [0.3, 0.4) is 0 Å². The molecule has 18 heavy (non-hydrogen) atoms. The molecule has 1 aromatic heterocycles. The van der Waals surface area contributed by atoms with E-state index in [0.717, 1.165) is 16.8 Å². The van der Waals surface area contributed by atoms with Crippen molar-refractivity contribution in [2.75, 3.05) is 0 Å². The van der Waals surface area contributed by atoms with Gasteiger partial charge in [0.2, 0.25) is 5.22 Å². The monoisotopic (exact) mass is 283 g/mol. The van der Waals surface area contributed by atoms with E-state index < -0.39 is 0 Å². The molecule has 2 rings (SSSR count). The van der Waals surface area contributed by atoms with E-state index in [-0.39, 0.29) is 10.6 Å². The number of rotatable bonds is 2. The van der Waals surface area contributed by atoms with E-state index in [0.29, 0.717) is 5.88 Å². The molecule has 0 saturated heterocycles. The van der Waals surface area contributed by atoms with Gasteiger partial charge < -0.3 is 4.52 Å². The van der Waals surface area contributed by atoms with E-state index in [4.69, 9.17) is 27.7 Å². The molecular formula is C14H15Cl2NO. The van der Waals surface area contributed by atoms with Crippen molar-refractivity contribution in [3.05, 3.63) is 40.6 Å². The number of nitrogens with zero attached hydrogens (tertiary/aromatic N) is 1. The Morgan fingerprint density at radius 2 is 1.78 bits per heavy atom. The lowest BCUT2D eigenvalue weighted by Crippen LogP contribution is -2.10. The predicted octanol–water partition coefficient (Wildman–Crippen LogP) is 5.03. The third-order valence-electron chi connectivity index (χ3n) is 2.90. The van der Waals surface area contributed by atoms with Gasteiger partial charge in [0.25, 0.3) is 0 Å². The largest absolute Gasteiger partial charge is 0.343 e. The molecule has 0 N–H and O–H groups in total. The Kier molecular flexibility index (Phi) is 3.69. The van der Waals surface area contributed by atoms with Crippen LogP contribution in [0, 0.1) is 0 Å². The molecule has 4 heteroatoms. The van der Waals surface area contributed by atoms with Gasteiger partial charge in [0.1, 0.15) is 5.69 Å². The first-order valence-electron chi connectivity index (χ1n) is 5.74. The van der Waals surface area contributed by atoms with Gasteiger partial charge in [0, 0.05) is 5.56 Å². The molecule has 0 amide bonds. The van der Waals surface area contributed by atoms with E-state index in [9.17, 15) is 0 Å². The number of hydrogen-bond donors (Lipinski definition) is 0.